The molecule has 0 aromatic heterocycles. The third-order valence-corrected chi connectivity index (χ3v) is 8.42. The first-order chi connectivity index (χ1) is 23.3. The molecule has 0 aliphatic carbocycles. The molecule has 2 aromatic rings. The lowest BCUT2D eigenvalue weighted by Gasteiger charge is -2.24. The van der Waals surface area contributed by atoms with Crippen LogP contribution in [0.4, 0.5) is 0 Å². The number of thioether (sulfide) groups is 1. The molecule has 0 saturated carbocycles. The van der Waals surface area contributed by atoms with E-state index in [4.69, 9.17) is 11.5 Å². The zero-order valence-electron chi connectivity index (χ0n) is 26.2. The molecule has 0 bridgehead atoms. The highest BCUT2D eigenvalue weighted by atomic mass is 32.2. The quantitative estimate of drug-likeness (QED) is 0.0817. The van der Waals surface area contributed by atoms with Gasteiger partial charge in [-0.2, -0.15) is 0 Å². The van der Waals surface area contributed by atoms with Gasteiger partial charge in [0.05, 0.1) is 19.5 Å². The number of nitrogens with zero attached hydrogens (tertiary/aromatic N) is 1. The molecular formula is C31H38N8O9S. The Balaban J connectivity index is 1.92. The fourth-order valence-corrected chi connectivity index (χ4v) is 5.84. The van der Waals surface area contributed by atoms with E-state index in [1.165, 1.54) is 0 Å². The van der Waals surface area contributed by atoms with Crippen molar-refractivity contribution in [1.29, 1.82) is 0 Å². The first-order valence-electron chi connectivity index (χ1n) is 15.1. The van der Waals surface area contributed by atoms with Gasteiger partial charge < -0.3 is 48.3 Å². The van der Waals surface area contributed by atoms with Crippen molar-refractivity contribution in [2.75, 3.05) is 25.4 Å². The van der Waals surface area contributed by atoms with E-state index < -0.39 is 84.4 Å². The topological polar surface area (TPSA) is 284 Å². The van der Waals surface area contributed by atoms with Gasteiger partial charge in [-0.15, -0.1) is 11.8 Å². The molecular weight excluding hydrogens is 660 g/mol. The lowest BCUT2D eigenvalue weighted by molar-refractivity contribution is -0.143. The van der Waals surface area contributed by atoms with Crippen LogP contribution < -0.4 is 38.1 Å². The highest BCUT2D eigenvalue weighted by molar-refractivity contribution is 8.00. The van der Waals surface area contributed by atoms with Crippen LogP contribution in [0.1, 0.15) is 30.1 Å². The first-order valence-corrected chi connectivity index (χ1v) is 16.1. The van der Waals surface area contributed by atoms with E-state index in [9.17, 15) is 43.8 Å². The number of hydrogen-bond donors (Lipinski definition) is 9. The number of hydrogen-bond acceptors (Lipinski definition) is 9. The second kappa shape index (κ2) is 18.6. The Morgan fingerprint density at radius 2 is 1.37 bits per heavy atom. The molecule has 2 aromatic carbocycles. The summed E-state index contributed by atoms with van der Waals surface area (Å²) in [5.74, 6) is -7.71. The molecule has 262 valence electrons. The van der Waals surface area contributed by atoms with E-state index >= 15 is 0 Å². The molecule has 18 heteroatoms. The van der Waals surface area contributed by atoms with E-state index in [-0.39, 0.29) is 31.1 Å². The summed E-state index contributed by atoms with van der Waals surface area (Å²) in [7, 11) is 0. The minimum atomic E-state index is -1.70. The van der Waals surface area contributed by atoms with Crippen molar-refractivity contribution in [1.82, 2.24) is 26.6 Å². The van der Waals surface area contributed by atoms with E-state index in [1.54, 1.807) is 24.3 Å². The molecule has 1 saturated heterocycles. The molecule has 4 atom stereocenters. The van der Waals surface area contributed by atoms with Gasteiger partial charge in [0.1, 0.15) is 23.4 Å². The number of aliphatic carboxylic acids is 2. The van der Waals surface area contributed by atoms with Crippen molar-refractivity contribution in [3.05, 3.63) is 60.2 Å². The van der Waals surface area contributed by atoms with Crippen LogP contribution in [0, 0.1) is 0 Å². The van der Waals surface area contributed by atoms with Crippen molar-refractivity contribution in [2.45, 2.75) is 42.6 Å². The van der Waals surface area contributed by atoms with Crippen LogP contribution in [0.15, 0.2) is 59.6 Å². The Hall–Kier alpha value is -5.65. The summed E-state index contributed by atoms with van der Waals surface area (Å²) in [5.41, 5.74) is 12.9. The number of carboxylic acids is 2. The fraction of sp³-hybridized carbons (Fsp3) is 0.355. The molecule has 1 aliphatic rings. The highest BCUT2D eigenvalue weighted by Gasteiger charge is 2.31. The van der Waals surface area contributed by atoms with Crippen molar-refractivity contribution in [3.8, 4) is 11.1 Å². The maximum absolute atomic E-state index is 13.5. The number of carbonyl (C=O) groups is 7. The Labute approximate surface area is 285 Å². The molecule has 5 amide bonds. The van der Waals surface area contributed by atoms with Gasteiger partial charge in [-0.25, -0.2) is 4.79 Å². The number of aliphatic imine (C=N–C) groups is 1. The second-order valence-electron chi connectivity index (χ2n) is 10.8. The third kappa shape index (κ3) is 12.5. The average molecular weight is 699 g/mol. The monoisotopic (exact) mass is 698 g/mol. The van der Waals surface area contributed by atoms with Crippen molar-refractivity contribution >= 4 is 59.2 Å². The zero-order valence-corrected chi connectivity index (χ0v) is 27.0. The summed E-state index contributed by atoms with van der Waals surface area (Å²) < 4.78 is 0. The number of nitrogens with one attached hydrogen (secondary N) is 5. The van der Waals surface area contributed by atoms with Crippen LogP contribution in [-0.2, 0) is 33.6 Å². The maximum atomic E-state index is 13.5. The van der Waals surface area contributed by atoms with Crippen LogP contribution in [-0.4, -0.2) is 101 Å². The molecule has 0 spiro atoms. The van der Waals surface area contributed by atoms with Gasteiger partial charge >= 0.3 is 11.9 Å². The Morgan fingerprint density at radius 1 is 0.776 bits per heavy atom. The smallest absolute Gasteiger partial charge is 0.327 e. The van der Waals surface area contributed by atoms with Crippen LogP contribution in [0.3, 0.4) is 0 Å². The Kier molecular flexibility index (Phi) is 14.4. The molecule has 3 rings (SSSR count). The minimum absolute atomic E-state index is 0.0385. The fourth-order valence-electron chi connectivity index (χ4n) is 4.64. The lowest BCUT2D eigenvalue weighted by Crippen LogP contribution is -2.55. The summed E-state index contributed by atoms with van der Waals surface area (Å²) in [4.78, 5) is 92.5. The van der Waals surface area contributed by atoms with Crippen molar-refractivity contribution in [3.63, 3.8) is 0 Å². The van der Waals surface area contributed by atoms with Crippen molar-refractivity contribution < 1.29 is 43.8 Å². The normalized spacial score (nSPS) is 21.3. The van der Waals surface area contributed by atoms with Crippen molar-refractivity contribution in [2.24, 2.45) is 16.5 Å². The number of guanidine groups is 1. The van der Waals surface area contributed by atoms with Gasteiger partial charge in [-0.1, -0.05) is 54.6 Å². The summed E-state index contributed by atoms with van der Waals surface area (Å²) in [6.07, 6.45) is -0.609. The number of rotatable bonds is 9. The minimum Gasteiger partial charge on any atom is -0.481 e. The Bertz CT molecular complexity index is 1550. The van der Waals surface area contributed by atoms with Crippen LogP contribution in [0.2, 0.25) is 0 Å². The molecule has 49 heavy (non-hydrogen) atoms. The average Bonchev–Trinajstić information content (AvgIpc) is 3.06. The number of carbonyl (C=O) groups excluding carboxylic acids is 5. The number of nitrogens with two attached hydrogens (primary N) is 2. The highest BCUT2D eigenvalue weighted by Crippen LogP contribution is 2.31. The van der Waals surface area contributed by atoms with E-state index in [0.717, 1.165) is 22.9 Å². The van der Waals surface area contributed by atoms with E-state index in [1.807, 2.05) is 30.3 Å². The zero-order chi connectivity index (χ0) is 35.9. The summed E-state index contributed by atoms with van der Waals surface area (Å²) >= 11 is 0.860. The Morgan fingerprint density at radius 3 is 1.96 bits per heavy atom. The first kappa shape index (κ1) is 37.8. The lowest BCUT2D eigenvalue weighted by atomic mass is 10.0. The molecule has 11 N–H and O–H groups in total. The van der Waals surface area contributed by atoms with E-state index in [2.05, 4.69) is 31.6 Å². The van der Waals surface area contributed by atoms with Gasteiger partial charge in [0.2, 0.25) is 29.5 Å². The largest absolute Gasteiger partial charge is 0.481 e. The summed E-state index contributed by atoms with van der Waals surface area (Å²) in [6.45, 7) is -1.13. The van der Waals surface area contributed by atoms with Crippen LogP contribution in [0.5, 0.6) is 0 Å². The molecule has 1 heterocycles. The predicted octanol–water partition coefficient (Wildman–Crippen LogP) is -1.56. The number of benzene rings is 2. The number of carboxylic acid groups (broad SMARTS) is 2. The van der Waals surface area contributed by atoms with E-state index in [0.29, 0.717) is 5.56 Å². The number of amides is 5. The van der Waals surface area contributed by atoms with Gasteiger partial charge in [0, 0.05) is 12.3 Å². The maximum Gasteiger partial charge on any atom is 0.327 e. The van der Waals surface area contributed by atoms with Gasteiger partial charge in [0.25, 0.3) is 0 Å². The van der Waals surface area contributed by atoms with Gasteiger partial charge in [-0.3, -0.25) is 33.8 Å². The molecule has 1 fully saturated rings. The third-order valence-electron chi connectivity index (χ3n) is 7.08. The standard InChI is InChI=1S/C31H38N8O9S/c32-31(33)34-12-4-7-20-27(44)35-14-24(41)38-21(13-25(42)43)28(45)39-22(30(47)48)16-49-26(29(46)36-15-23(40)37-20)19-10-8-18(9-11-19)17-5-2-1-3-6-17/h1-3,5-6,8-11,20-22,26H,4,7,12-16H2,(H,35,44)(H,36,46)(H,37,40)(H,38,41)(H,39,45)(H,42,43)(H,47,48)(H4,32,33,34)/t20-,21-,22-,26+/m0/s1. The van der Waals surface area contributed by atoms with Gasteiger partial charge in [0.15, 0.2) is 5.96 Å². The second-order valence-corrected chi connectivity index (χ2v) is 12.0. The molecule has 0 radical (unpaired) electrons. The molecule has 0 unspecified atom stereocenters. The summed E-state index contributed by atoms with van der Waals surface area (Å²) in [5, 5.41) is 29.9. The van der Waals surface area contributed by atoms with Crippen LogP contribution in [0.25, 0.3) is 11.1 Å². The molecule has 1 aliphatic heterocycles. The summed E-state index contributed by atoms with van der Waals surface area (Å²) in [6, 6.07) is 11.8. The predicted molar refractivity (Wildman–Crippen MR) is 179 cm³/mol. The van der Waals surface area contributed by atoms with Crippen LogP contribution >= 0.6 is 11.8 Å². The SMILES string of the molecule is NC(N)=NCCC[C@@H]1NC(=O)CNC(=O)[C@@H](c2ccc(-c3ccccc3)cc2)SC[C@@H](C(=O)O)NC(=O)[C@H](CC(=O)O)NC(=O)CNC1=O. The van der Waals surface area contributed by atoms with Gasteiger partial charge in [-0.05, 0) is 29.5 Å². The molecule has 17 nitrogen and oxygen atoms in total.